The second-order valence-electron chi connectivity index (χ2n) is 7.55. The molecule has 0 saturated carbocycles. The molecule has 0 spiro atoms. The summed E-state index contributed by atoms with van der Waals surface area (Å²) in [5, 5.41) is 0. The van der Waals surface area contributed by atoms with Crippen LogP contribution in [-0.2, 0) is 14.2 Å². The Bertz CT molecular complexity index is 289. The molecule has 0 N–H and O–H groups in total. The Kier molecular flexibility index (Phi) is 19.0. The zero-order valence-electron chi connectivity index (χ0n) is 19.2. The fourth-order valence-electron chi connectivity index (χ4n) is 3.03. The van der Waals surface area contributed by atoms with E-state index in [4.69, 9.17) is 14.2 Å². The fourth-order valence-corrected chi connectivity index (χ4v) is 3.03. The first-order valence-corrected chi connectivity index (χ1v) is 11.3. The molecule has 5 heteroatoms. The first kappa shape index (κ1) is 26.8. The molecule has 2 saturated heterocycles. The number of hydrogen-bond acceptors (Lipinski definition) is 5. The van der Waals surface area contributed by atoms with E-state index in [0.717, 1.165) is 59.0 Å². The normalized spacial score (nSPS) is 18.7. The zero-order chi connectivity index (χ0) is 20.3. The standard InChI is InChI=1S/C10H21NO2.C10H21NO.C2H6/c1-10(2)13-7-3-4-11-5-8-12-9-6-11;1-10(2)12-9-8-11-6-4-3-5-7-11;1-2/h10H,3-9H2,1-2H3;10H,3-9H2,1-2H3;1-2H3. The Hall–Kier alpha value is -0.200. The van der Waals surface area contributed by atoms with Gasteiger partial charge in [-0.2, -0.15) is 0 Å². The fraction of sp³-hybridized carbons (Fsp3) is 1.00. The highest BCUT2D eigenvalue weighted by atomic mass is 16.5. The lowest BCUT2D eigenvalue weighted by Crippen LogP contribution is -2.37. The molecule has 2 fully saturated rings. The topological polar surface area (TPSA) is 34.2 Å². The largest absolute Gasteiger partial charge is 0.379 e. The Labute approximate surface area is 169 Å². The summed E-state index contributed by atoms with van der Waals surface area (Å²) in [5.41, 5.74) is 0. The second-order valence-corrected chi connectivity index (χ2v) is 7.55. The van der Waals surface area contributed by atoms with Crippen molar-refractivity contribution in [2.75, 3.05) is 65.7 Å². The van der Waals surface area contributed by atoms with Crippen molar-refractivity contribution in [2.45, 2.75) is 79.4 Å². The third-order valence-corrected chi connectivity index (χ3v) is 4.48. The lowest BCUT2D eigenvalue weighted by atomic mass is 10.1. The number of morpholine rings is 1. The van der Waals surface area contributed by atoms with E-state index >= 15 is 0 Å². The Morgan fingerprint density at radius 1 is 0.704 bits per heavy atom. The number of nitrogens with zero attached hydrogens (tertiary/aromatic N) is 2. The quantitative estimate of drug-likeness (QED) is 0.557. The minimum Gasteiger partial charge on any atom is -0.379 e. The summed E-state index contributed by atoms with van der Waals surface area (Å²) in [5.74, 6) is 0. The molecule has 0 amide bonds. The third-order valence-electron chi connectivity index (χ3n) is 4.48. The molecule has 164 valence electrons. The molecule has 0 bridgehead atoms. The van der Waals surface area contributed by atoms with E-state index < -0.39 is 0 Å². The lowest BCUT2D eigenvalue weighted by molar-refractivity contribution is 0.0266. The molecule has 0 aliphatic carbocycles. The van der Waals surface area contributed by atoms with Gasteiger partial charge in [0.05, 0.1) is 32.0 Å². The van der Waals surface area contributed by atoms with Crippen molar-refractivity contribution in [1.82, 2.24) is 9.80 Å². The lowest BCUT2D eigenvalue weighted by Gasteiger charge is -2.26. The van der Waals surface area contributed by atoms with Crippen LogP contribution in [0.4, 0.5) is 0 Å². The summed E-state index contributed by atoms with van der Waals surface area (Å²) < 4.78 is 16.2. The molecule has 5 nitrogen and oxygen atoms in total. The first-order chi connectivity index (χ1) is 13.1. The molecule has 0 aromatic heterocycles. The van der Waals surface area contributed by atoms with Gasteiger partial charge in [0.15, 0.2) is 0 Å². The van der Waals surface area contributed by atoms with Crippen LogP contribution >= 0.6 is 0 Å². The summed E-state index contributed by atoms with van der Waals surface area (Å²) in [6, 6.07) is 0. The maximum Gasteiger partial charge on any atom is 0.0596 e. The highest BCUT2D eigenvalue weighted by molar-refractivity contribution is 4.64. The zero-order valence-corrected chi connectivity index (χ0v) is 19.2. The van der Waals surface area contributed by atoms with E-state index in [-0.39, 0.29) is 0 Å². The van der Waals surface area contributed by atoms with Gasteiger partial charge >= 0.3 is 0 Å². The van der Waals surface area contributed by atoms with Crippen LogP contribution in [0.3, 0.4) is 0 Å². The van der Waals surface area contributed by atoms with Gasteiger partial charge in [0.25, 0.3) is 0 Å². The van der Waals surface area contributed by atoms with Crippen molar-refractivity contribution >= 4 is 0 Å². The van der Waals surface area contributed by atoms with E-state index in [0.29, 0.717) is 12.2 Å². The number of likely N-dealkylation sites (tertiary alicyclic amines) is 1. The molecule has 2 heterocycles. The molecule has 0 aromatic carbocycles. The van der Waals surface area contributed by atoms with E-state index in [2.05, 4.69) is 37.5 Å². The second kappa shape index (κ2) is 19.1. The smallest absolute Gasteiger partial charge is 0.0596 e. The van der Waals surface area contributed by atoms with Crippen molar-refractivity contribution in [2.24, 2.45) is 0 Å². The summed E-state index contributed by atoms with van der Waals surface area (Å²) in [6.45, 7) is 22.9. The molecule has 2 aliphatic rings. The summed E-state index contributed by atoms with van der Waals surface area (Å²) >= 11 is 0. The molecular weight excluding hydrogens is 340 g/mol. The van der Waals surface area contributed by atoms with Gasteiger partial charge < -0.3 is 19.1 Å². The minimum atomic E-state index is 0.365. The summed E-state index contributed by atoms with van der Waals surface area (Å²) in [6.07, 6.45) is 6.06. The Balaban J connectivity index is 0.000000460. The molecule has 0 radical (unpaired) electrons. The van der Waals surface area contributed by atoms with E-state index in [9.17, 15) is 0 Å². The van der Waals surface area contributed by atoms with E-state index in [1.807, 2.05) is 13.8 Å². The molecule has 0 atom stereocenters. The first-order valence-electron chi connectivity index (χ1n) is 11.3. The molecule has 2 rings (SSSR count). The Morgan fingerprint density at radius 2 is 1.22 bits per heavy atom. The summed E-state index contributed by atoms with van der Waals surface area (Å²) in [7, 11) is 0. The van der Waals surface area contributed by atoms with Crippen LogP contribution in [0.15, 0.2) is 0 Å². The van der Waals surface area contributed by atoms with Crippen LogP contribution in [0.1, 0.15) is 67.2 Å². The van der Waals surface area contributed by atoms with Crippen LogP contribution in [-0.4, -0.2) is 87.7 Å². The third kappa shape index (κ3) is 17.6. The molecule has 27 heavy (non-hydrogen) atoms. The SMILES string of the molecule is CC.CC(C)OCCCN1CCOCC1.CC(C)OCCN1CCCCC1. The van der Waals surface area contributed by atoms with Gasteiger partial charge in [-0.1, -0.05) is 20.3 Å². The average Bonchev–Trinajstić information content (AvgIpc) is 2.69. The molecule has 2 aliphatic heterocycles. The number of piperidine rings is 1. The predicted octanol–water partition coefficient (Wildman–Crippen LogP) is 4.06. The van der Waals surface area contributed by atoms with Gasteiger partial charge in [0.2, 0.25) is 0 Å². The van der Waals surface area contributed by atoms with Gasteiger partial charge in [-0.25, -0.2) is 0 Å². The number of ether oxygens (including phenoxy) is 3. The van der Waals surface area contributed by atoms with Crippen molar-refractivity contribution < 1.29 is 14.2 Å². The maximum absolute atomic E-state index is 5.50. The predicted molar refractivity (Wildman–Crippen MR) is 116 cm³/mol. The van der Waals surface area contributed by atoms with E-state index in [1.54, 1.807) is 0 Å². The minimum absolute atomic E-state index is 0.365. The van der Waals surface area contributed by atoms with Crippen molar-refractivity contribution in [3.05, 3.63) is 0 Å². The number of rotatable bonds is 9. The van der Waals surface area contributed by atoms with Crippen molar-refractivity contribution in [1.29, 1.82) is 0 Å². The van der Waals surface area contributed by atoms with Gasteiger partial charge in [-0.15, -0.1) is 0 Å². The van der Waals surface area contributed by atoms with Gasteiger partial charge in [-0.05, 0) is 60.0 Å². The van der Waals surface area contributed by atoms with Crippen LogP contribution < -0.4 is 0 Å². The number of hydrogen-bond donors (Lipinski definition) is 0. The average molecular weight is 389 g/mol. The highest BCUT2D eigenvalue weighted by Crippen LogP contribution is 2.07. The van der Waals surface area contributed by atoms with Gasteiger partial charge in [0.1, 0.15) is 0 Å². The monoisotopic (exact) mass is 388 g/mol. The van der Waals surface area contributed by atoms with Crippen LogP contribution in [0.5, 0.6) is 0 Å². The molecule has 0 unspecified atom stereocenters. The maximum atomic E-state index is 5.50. The van der Waals surface area contributed by atoms with Crippen LogP contribution in [0, 0.1) is 0 Å². The Morgan fingerprint density at radius 3 is 1.78 bits per heavy atom. The van der Waals surface area contributed by atoms with Gasteiger partial charge in [-0.3, -0.25) is 4.90 Å². The van der Waals surface area contributed by atoms with Gasteiger partial charge in [0, 0.05) is 32.8 Å². The highest BCUT2D eigenvalue weighted by Gasteiger charge is 2.10. The van der Waals surface area contributed by atoms with Crippen molar-refractivity contribution in [3.63, 3.8) is 0 Å². The van der Waals surface area contributed by atoms with Crippen LogP contribution in [0.2, 0.25) is 0 Å². The summed E-state index contributed by atoms with van der Waals surface area (Å²) in [4.78, 5) is 4.94. The van der Waals surface area contributed by atoms with E-state index in [1.165, 1.54) is 32.4 Å². The molecular formula is C22H48N2O3. The molecule has 0 aromatic rings. The van der Waals surface area contributed by atoms with Crippen LogP contribution in [0.25, 0.3) is 0 Å². The van der Waals surface area contributed by atoms with Crippen molar-refractivity contribution in [3.8, 4) is 0 Å².